The van der Waals surface area contributed by atoms with E-state index in [2.05, 4.69) is 25.9 Å². The molecule has 0 saturated heterocycles. The third-order valence-corrected chi connectivity index (χ3v) is 1.41. The molecule has 0 N–H and O–H groups in total. The molecule has 0 bridgehead atoms. The Morgan fingerprint density at radius 1 is 1.70 bits per heavy atom. The fraction of sp³-hybridized carbons (Fsp3) is 0.167. The van der Waals surface area contributed by atoms with E-state index in [-0.39, 0.29) is 0 Å². The lowest BCUT2D eigenvalue weighted by Crippen LogP contribution is -1.91. The van der Waals surface area contributed by atoms with Crippen molar-refractivity contribution in [3.63, 3.8) is 0 Å². The predicted octanol–water partition coefficient (Wildman–Crippen LogP) is 1.42. The maximum atomic E-state index is 8.47. The van der Waals surface area contributed by atoms with Crippen LogP contribution in [0.4, 0.5) is 0 Å². The van der Waals surface area contributed by atoms with E-state index in [0.29, 0.717) is 16.0 Å². The van der Waals surface area contributed by atoms with Gasteiger partial charge in [-0.25, -0.2) is 4.98 Å². The normalized spacial score (nSPS) is 8.90. The SMILES string of the molecule is Cc1ncc(Br)nc1C#N. The number of halogens is 1. The molecule has 0 aromatic carbocycles. The molecule has 0 spiro atoms. The van der Waals surface area contributed by atoms with Crippen molar-refractivity contribution in [1.82, 2.24) is 9.97 Å². The third kappa shape index (κ3) is 1.31. The lowest BCUT2D eigenvalue weighted by molar-refractivity contribution is 1.06. The summed E-state index contributed by atoms with van der Waals surface area (Å²) in [7, 11) is 0. The smallest absolute Gasteiger partial charge is 0.162 e. The van der Waals surface area contributed by atoms with Gasteiger partial charge in [0.1, 0.15) is 10.7 Å². The molecule has 1 heterocycles. The molecule has 1 aromatic rings. The zero-order chi connectivity index (χ0) is 7.56. The minimum Gasteiger partial charge on any atom is -0.256 e. The van der Waals surface area contributed by atoms with Crippen LogP contribution in [0.5, 0.6) is 0 Å². The molecule has 0 unspecified atom stereocenters. The molecule has 10 heavy (non-hydrogen) atoms. The van der Waals surface area contributed by atoms with Crippen LogP contribution in [0.3, 0.4) is 0 Å². The summed E-state index contributed by atoms with van der Waals surface area (Å²) in [6.07, 6.45) is 1.57. The van der Waals surface area contributed by atoms with Gasteiger partial charge in [0.15, 0.2) is 5.69 Å². The van der Waals surface area contributed by atoms with Gasteiger partial charge in [-0.1, -0.05) is 0 Å². The Kier molecular flexibility index (Phi) is 1.97. The van der Waals surface area contributed by atoms with Gasteiger partial charge in [-0.05, 0) is 22.9 Å². The second kappa shape index (κ2) is 2.76. The summed E-state index contributed by atoms with van der Waals surface area (Å²) < 4.78 is 0.592. The highest BCUT2D eigenvalue weighted by Crippen LogP contribution is 2.06. The fourth-order valence-corrected chi connectivity index (χ4v) is 0.813. The summed E-state index contributed by atoms with van der Waals surface area (Å²) in [6.45, 7) is 1.75. The number of hydrogen-bond acceptors (Lipinski definition) is 3. The Morgan fingerprint density at radius 2 is 2.40 bits per heavy atom. The van der Waals surface area contributed by atoms with Gasteiger partial charge in [-0.15, -0.1) is 0 Å². The first-order chi connectivity index (χ1) is 4.74. The molecule has 0 saturated carbocycles. The Balaban J connectivity index is 3.25. The second-order valence-corrected chi connectivity index (χ2v) is 2.55. The molecule has 1 aromatic heterocycles. The summed E-state index contributed by atoms with van der Waals surface area (Å²) in [5, 5.41) is 8.47. The van der Waals surface area contributed by atoms with E-state index in [4.69, 9.17) is 5.26 Å². The first kappa shape index (κ1) is 7.16. The van der Waals surface area contributed by atoms with E-state index >= 15 is 0 Å². The second-order valence-electron chi connectivity index (χ2n) is 1.74. The summed E-state index contributed by atoms with van der Waals surface area (Å²) in [5.74, 6) is 0. The average molecular weight is 198 g/mol. The van der Waals surface area contributed by atoms with Crippen LogP contribution in [-0.2, 0) is 0 Å². The summed E-state index contributed by atoms with van der Waals surface area (Å²) in [4.78, 5) is 7.80. The van der Waals surface area contributed by atoms with Crippen molar-refractivity contribution < 1.29 is 0 Å². The van der Waals surface area contributed by atoms with Gasteiger partial charge >= 0.3 is 0 Å². The molecular weight excluding hydrogens is 194 g/mol. The lowest BCUT2D eigenvalue weighted by atomic mass is 10.3. The fourth-order valence-electron chi connectivity index (χ4n) is 0.534. The molecule has 0 atom stereocenters. The van der Waals surface area contributed by atoms with Crippen molar-refractivity contribution in [3.8, 4) is 6.07 Å². The topological polar surface area (TPSA) is 49.6 Å². The molecular formula is C6H4BrN3. The molecule has 0 aliphatic rings. The van der Waals surface area contributed by atoms with Crippen LogP contribution in [-0.4, -0.2) is 9.97 Å². The summed E-state index contributed by atoms with van der Waals surface area (Å²) in [5.41, 5.74) is 1.03. The summed E-state index contributed by atoms with van der Waals surface area (Å²) in [6, 6.07) is 1.93. The van der Waals surface area contributed by atoms with E-state index in [1.807, 2.05) is 6.07 Å². The number of nitriles is 1. The molecule has 4 heteroatoms. The van der Waals surface area contributed by atoms with Gasteiger partial charge in [-0.3, -0.25) is 4.98 Å². The van der Waals surface area contributed by atoms with Gasteiger partial charge in [-0.2, -0.15) is 5.26 Å². The Hall–Kier alpha value is -0.950. The molecule has 0 aliphatic carbocycles. The molecule has 0 amide bonds. The van der Waals surface area contributed by atoms with Crippen molar-refractivity contribution in [1.29, 1.82) is 5.26 Å². The zero-order valence-electron chi connectivity index (χ0n) is 5.30. The van der Waals surface area contributed by atoms with E-state index < -0.39 is 0 Å². The Bertz CT molecular complexity index is 290. The van der Waals surface area contributed by atoms with E-state index in [1.165, 1.54) is 0 Å². The number of aryl methyl sites for hydroxylation is 1. The van der Waals surface area contributed by atoms with Gasteiger partial charge in [0, 0.05) is 0 Å². The molecule has 1 rings (SSSR count). The zero-order valence-corrected chi connectivity index (χ0v) is 6.88. The van der Waals surface area contributed by atoms with Crippen LogP contribution in [0.2, 0.25) is 0 Å². The Labute approximate surface area is 66.9 Å². The van der Waals surface area contributed by atoms with Gasteiger partial charge in [0.05, 0.1) is 11.9 Å². The van der Waals surface area contributed by atoms with Gasteiger partial charge < -0.3 is 0 Å². The first-order valence-electron chi connectivity index (χ1n) is 2.63. The predicted molar refractivity (Wildman–Crippen MR) is 39.2 cm³/mol. The van der Waals surface area contributed by atoms with Crippen molar-refractivity contribution in [2.45, 2.75) is 6.92 Å². The van der Waals surface area contributed by atoms with Crippen LogP contribution in [0.15, 0.2) is 10.8 Å². The van der Waals surface area contributed by atoms with Crippen LogP contribution in [0.1, 0.15) is 11.4 Å². The first-order valence-corrected chi connectivity index (χ1v) is 3.42. The van der Waals surface area contributed by atoms with E-state index in [1.54, 1.807) is 13.1 Å². The maximum Gasteiger partial charge on any atom is 0.162 e. The molecule has 3 nitrogen and oxygen atoms in total. The number of aromatic nitrogens is 2. The molecule has 50 valence electrons. The number of rotatable bonds is 0. The highest BCUT2D eigenvalue weighted by atomic mass is 79.9. The monoisotopic (exact) mass is 197 g/mol. The molecule has 0 fully saturated rings. The lowest BCUT2D eigenvalue weighted by Gasteiger charge is -1.93. The van der Waals surface area contributed by atoms with Crippen molar-refractivity contribution >= 4 is 15.9 Å². The van der Waals surface area contributed by atoms with Crippen molar-refractivity contribution in [2.24, 2.45) is 0 Å². The quantitative estimate of drug-likeness (QED) is 0.633. The summed E-state index contributed by atoms with van der Waals surface area (Å²) >= 11 is 3.11. The third-order valence-electron chi connectivity index (χ3n) is 1.03. The van der Waals surface area contributed by atoms with Gasteiger partial charge in [0.2, 0.25) is 0 Å². The highest BCUT2D eigenvalue weighted by Gasteiger charge is 1.98. The minimum absolute atomic E-state index is 0.370. The van der Waals surface area contributed by atoms with Gasteiger partial charge in [0.25, 0.3) is 0 Å². The van der Waals surface area contributed by atoms with Crippen LogP contribution >= 0.6 is 15.9 Å². The van der Waals surface area contributed by atoms with E-state index in [0.717, 1.165) is 0 Å². The largest absolute Gasteiger partial charge is 0.256 e. The average Bonchev–Trinajstić information content (AvgIpc) is 1.94. The van der Waals surface area contributed by atoms with Crippen molar-refractivity contribution in [2.75, 3.05) is 0 Å². The Morgan fingerprint density at radius 3 is 2.90 bits per heavy atom. The maximum absolute atomic E-state index is 8.47. The van der Waals surface area contributed by atoms with Crippen molar-refractivity contribution in [3.05, 3.63) is 22.2 Å². The standard InChI is InChI=1S/C6H4BrN3/c1-4-5(2-8)10-6(7)3-9-4/h3H,1H3. The number of hydrogen-bond donors (Lipinski definition) is 0. The van der Waals surface area contributed by atoms with Crippen LogP contribution in [0.25, 0.3) is 0 Å². The molecule has 0 radical (unpaired) electrons. The van der Waals surface area contributed by atoms with Crippen LogP contribution < -0.4 is 0 Å². The molecule has 0 aliphatic heterocycles. The van der Waals surface area contributed by atoms with E-state index in [9.17, 15) is 0 Å². The number of nitrogens with zero attached hydrogens (tertiary/aromatic N) is 3. The minimum atomic E-state index is 0.370. The van der Waals surface area contributed by atoms with Crippen LogP contribution in [0, 0.1) is 18.3 Å². The highest BCUT2D eigenvalue weighted by molar-refractivity contribution is 9.10.